The summed E-state index contributed by atoms with van der Waals surface area (Å²) in [4.78, 5) is 30.5. The van der Waals surface area contributed by atoms with E-state index in [1.165, 1.54) is 0 Å². The quantitative estimate of drug-likeness (QED) is 0.719. The smallest absolute Gasteiger partial charge is 0.350 e. The van der Waals surface area contributed by atoms with Gasteiger partial charge in [0.05, 0.1) is 25.0 Å². The maximum atomic E-state index is 12.2. The van der Waals surface area contributed by atoms with Crippen molar-refractivity contribution < 1.29 is 14.3 Å². The molecule has 1 N–H and O–H groups in total. The number of amides is 1. The van der Waals surface area contributed by atoms with E-state index >= 15 is 0 Å². The Morgan fingerprint density at radius 3 is 2.80 bits per heavy atom. The zero-order valence-corrected chi connectivity index (χ0v) is 15.7. The summed E-state index contributed by atoms with van der Waals surface area (Å²) in [5.41, 5.74) is 1.60. The Bertz CT molecular complexity index is 740. The predicted octanol–water partition coefficient (Wildman–Crippen LogP) is 1.92. The second kappa shape index (κ2) is 8.72. The van der Waals surface area contributed by atoms with Crippen LogP contribution in [0, 0.1) is 6.92 Å². The first-order valence-electron chi connectivity index (χ1n) is 8.07. The number of likely N-dealkylation sites (N-methyl/N-ethyl adjacent to an activating group) is 1. The van der Waals surface area contributed by atoms with Gasteiger partial charge in [-0.25, -0.2) is 9.78 Å². The Labute approximate surface area is 150 Å². The number of nitrogens with zero attached hydrogens (tertiary/aromatic N) is 4. The molecule has 0 fully saturated rings. The number of nitrogens with one attached hydrogen (secondary N) is 1. The Hall–Kier alpha value is -2.26. The normalized spacial score (nSPS) is 10.9. The largest absolute Gasteiger partial charge is 0.462 e. The van der Waals surface area contributed by atoms with Crippen LogP contribution in [-0.2, 0) is 22.6 Å². The third kappa shape index (κ3) is 5.36. The summed E-state index contributed by atoms with van der Waals surface area (Å²) < 4.78 is 6.82. The Kier molecular flexibility index (Phi) is 6.65. The van der Waals surface area contributed by atoms with E-state index in [1.807, 2.05) is 29.7 Å². The minimum Gasteiger partial charge on any atom is -0.462 e. The molecule has 2 heterocycles. The molecule has 2 aromatic heterocycles. The Balaban J connectivity index is 1.89. The van der Waals surface area contributed by atoms with Gasteiger partial charge in [-0.05, 0) is 27.8 Å². The molecule has 0 aliphatic heterocycles. The molecule has 9 heteroatoms. The number of anilines is 1. The molecular formula is C16H23N5O3S. The van der Waals surface area contributed by atoms with Crippen LogP contribution < -0.4 is 5.32 Å². The molecule has 0 aliphatic carbocycles. The van der Waals surface area contributed by atoms with E-state index < -0.39 is 5.97 Å². The van der Waals surface area contributed by atoms with Crippen molar-refractivity contribution in [1.82, 2.24) is 19.7 Å². The lowest BCUT2D eigenvalue weighted by atomic mass is 10.3. The van der Waals surface area contributed by atoms with Crippen molar-refractivity contribution in [3.63, 3.8) is 0 Å². The van der Waals surface area contributed by atoms with Gasteiger partial charge in [-0.1, -0.05) is 11.3 Å². The number of hydrogen-bond donors (Lipinski definition) is 1. The first-order chi connectivity index (χ1) is 11.9. The van der Waals surface area contributed by atoms with Crippen LogP contribution in [0.2, 0.25) is 0 Å². The lowest BCUT2D eigenvalue weighted by Crippen LogP contribution is -2.29. The van der Waals surface area contributed by atoms with Crippen molar-refractivity contribution >= 4 is 28.3 Å². The van der Waals surface area contributed by atoms with E-state index in [4.69, 9.17) is 4.74 Å². The van der Waals surface area contributed by atoms with Crippen LogP contribution in [0.15, 0.2) is 12.4 Å². The molecule has 0 radical (unpaired) electrons. The summed E-state index contributed by atoms with van der Waals surface area (Å²) in [6, 6.07) is 0. The van der Waals surface area contributed by atoms with Crippen LogP contribution >= 0.6 is 11.3 Å². The van der Waals surface area contributed by atoms with Gasteiger partial charge < -0.3 is 10.1 Å². The standard InChI is InChI=1S/C16H23N5O3S/c1-5-21-9-12(7-17-21)8-20(4)10-13(22)19-16-18-11(3)14(25-16)15(23)24-6-2/h7,9H,5-6,8,10H2,1-4H3,(H,18,19,22). The van der Waals surface area contributed by atoms with Gasteiger partial charge in [0.2, 0.25) is 5.91 Å². The highest BCUT2D eigenvalue weighted by molar-refractivity contribution is 7.17. The predicted molar refractivity (Wildman–Crippen MR) is 95.7 cm³/mol. The summed E-state index contributed by atoms with van der Waals surface area (Å²) in [6.45, 7) is 7.44. The van der Waals surface area contributed by atoms with E-state index in [1.54, 1.807) is 20.0 Å². The topological polar surface area (TPSA) is 89.4 Å². The monoisotopic (exact) mass is 365 g/mol. The average Bonchev–Trinajstić information content (AvgIpc) is 3.13. The van der Waals surface area contributed by atoms with Crippen LogP contribution in [-0.4, -0.2) is 51.7 Å². The summed E-state index contributed by atoms with van der Waals surface area (Å²) in [7, 11) is 1.86. The van der Waals surface area contributed by atoms with E-state index in [2.05, 4.69) is 15.4 Å². The number of carbonyl (C=O) groups excluding carboxylic acids is 2. The van der Waals surface area contributed by atoms with Gasteiger partial charge in [-0.15, -0.1) is 0 Å². The number of ether oxygens (including phenoxy) is 1. The molecule has 0 aliphatic rings. The third-order valence-electron chi connectivity index (χ3n) is 3.38. The summed E-state index contributed by atoms with van der Waals surface area (Å²) in [5.74, 6) is -0.599. The fourth-order valence-electron chi connectivity index (χ4n) is 2.27. The molecule has 0 saturated heterocycles. The van der Waals surface area contributed by atoms with Crippen molar-refractivity contribution in [2.24, 2.45) is 0 Å². The van der Waals surface area contributed by atoms with Gasteiger partial charge in [-0.2, -0.15) is 5.10 Å². The van der Waals surface area contributed by atoms with Crippen molar-refractivity contribution in [1.29, 1.82) is 0 Å². The van der Waals surface area contributed by atoms with Crippen LogP contribution in [0.25, 0.3) is 0 Å². The molecule has 25 heavy (non-hydrogen) atoms. The maximum absolute atomic E-state index is 12.2. The second-order valence-electron chi connectivity index (χ2n) is 5.58. The third-order valence-corrected chi connectivity index (χ3v) is 4.43. The molecule has 2 aromatic rings. The first-order valence-corrected chi connectivity index (χ1v) is 8.88. The summed E-state index contributed by atoms with van der Waals surface area (Å²) >= 11 is 1.12. The van der Waals surface area contributed by atoms with Gasteiger partial charge >= 0.3 is 5.97 Å². The molecular weight excluding hydrogens is 342 g/mol. The number of rotatable bonds is 8. The molecule has 0 atom stereocenters. The molecule has 136 valence electrons. The van der Waals surface area contributed by atoms with Crippen molar-refractivity contribution in [2.45, 2.75) is 33.9 Å². The van der Waals surface area contributed by atoms with Gasteiger partial charge in [0.25, 0.3) is 0 Å². The fourth-order valence-corrected chi connectivity index (χ4v) is 3.14. The number of hydrogen-bond acceptors (Lipinski definition) is 7. The molecule has 1 amide bonds. The fraction of sp³-hybridized carbons (Fsp3) is 0.500. The zero-order valence-electron chi connectivity index (χ0n) is 14.9. The lowest BCUT2D eigenvalue weighted by Gasteiger charge is -2.14. The second-order valence-corrected chi connectivity index (χ2v) is 6.58. The highest BCUT2D eigenvalue weighted by atomic mass is 32.1. The Morgan fingerprint density at radius 1 is 1.40 bits per heavy atom. The van der Waals surface area contributed by atoms with E-state index in [0.717, 1.165) is 23.4 Å². The molecule has 0 saturated carbocycles. The van der Waals surface area contributed by atoms with E-state index in [9.17, 15) is 9.59 Å². The number of esters is 1. The SMILES string of the molecule is CCOC(=O)c1sc(NC(=O)CN(C)Cc2cnn(CC)c2)nc1C. The van der Waals surface area contributed by atoms with Crippen molar-refractivity contribution in [3.05, 3.63) is 28.5 Å². The molecule has 0 unspecified atom stereocenters. The molecule has 2 rings (SSSR count). The Morgan fingerprint density at radius 2 is 2.16 bits per heavy atom. The number of aryl methyl sites for hydroxylation is 2. The summed E-state index contributed by atoms with van der Waals surface area (Å²) in [5, 5.41) is 7.35. The zero-order chi connectivity index (χ0) is 18.4. The maximum Gasteiger partial charge on any atom is 0.350 e. The minimum absolute atomic E-state index is 0.186. The minimum atomic E-state index is -0.414. The van der Waals surface area contributed by atoms with Crippen LogP contribution in [0.3, 0.4) is 0 Å². The van der Waals surface area contributed by atoms with Crippen LogP contribution in [0.1, 0.15) is 34.8 Å². The highest BCUT2D eigenvalue weighted by Crippen LogP contribution is 2.23. The number of aromatic nitrogens is 3. The van der Waals surface area contributed by atoms with Crippen molar-refractivity contribution in [3.8, 4) is 0 Å². The van der Waals surface area contributed by atoms with Gasteiger partial charge in [0.15, 0.2) is 5.13 Å². The van der Waals surface area contributed by atoms with Gasteiger partial charge in [-0.3, -0.25) is 14.4 Å². The number of carbonyl (C=O) groups is 2. The molecule has 0 aromatic carbocycles. The molecule has 0 bridgehead atoms. The van der Waals surface area contributed by atoms with E-state index in [0.29, 0.717) is 28.9 Å². The van der Waals surface area contributed by atoms with Gasteiger partial charge in [0.1, 0.15) is 4.88 Å². The van der Waals surface area contributed by atoms with E-state index in [-0.39, 0.29) is 12.5 Å². The van der Waals surface area contributed by atoms with Crippen LogP contribution in [0.4, 0.5) is 5.13 Å². The van der Waals surface area contributed by atoms with Crippen molar-refractivity contribution in [2.75, 3.05) is 25.5 Å². The summed E-state index contributed by atoms with van der Waals surface area (Å²) in [6.07, 6.45) is 3.76. The first kappa shape index (κ1) is 19.1. The van der Waals surface area contributed by atoms with Gasteiger partial charge in [0, 0.05) is 24.8 Å². The number of thiazole rings is 1. The highest BCUT2D eigenvalue weighted by Gasteiger charge is 2.18. The lowest BCUT2D eigenvalue weighted by molar-refractivity contribution is -0.117. The average molecular weight is 365 g/mol. The molecule has 0 spiro atoms. The van der Waals surface area contributed by atoms with Crippen LogP contribution in [0.5, 0.6) is 0 Å². The molecule has 8 nitrogen and oxygen atoms in total.